The molecule has 0 saturated carbocycles. The van der Waals surface area contributed by atoms with Crippen molar-refractivity contribution in [2.24, 2.45) is 0 Å². The Balaban J connectivity index is 2.92. The molecule has 0 bridgehead atoms. The van der Waals surface area contributed by atoms with E-state index in [4.69, 9.17) is 0 Å². The Morgan fingerprint density at radius 3 is 1.93 bits per heavy atom. The molecule has 0 aliphatic heterocycles. The fourth-order valence-corrected chi connectivity index (χ4v) is 1.68. The molecule has 82 valence electrons. The summed E-state index contributed by atoms with van der Waals surface area (Å²) >= 11 is 0. The summed E-state index contributed by atoms with van der Waals surface area (Å²) in [6, 6.07) is 8.06. The van der Waals surface area contributed by atoms with Gasteiger partial charge in [0.25, 0.3) is 0 Å². The summed E-state index contributed by atoms with van der Waals surface area (Å²) in [4.78, 5) is 11.3. The number of carbonyl (C=O) groups is 1. The fourth-order valence-electron chi connectivity index (χ4n) is 1.68. The fraction of sp³-hybridized carbons (Fsp3) is 0.462. The molecule has 2 nitrogen and oxygen atoms in total. The number of benzene rings is 1. The van der Waals surface area contributed by atoms with Gasteiger partial charge in [-0.05, 0) is 31.0 Å². The Morgan fingerprint density at radius 1 is 1.13 bits per heavy atom. The molecule has 0 fully saturated rings. The first-order valence-corrected chi connectivity index (χ1v) is 5.33. The number of likely N-dealkylation sites (N-methyl/N-ethyl adjacent to an activating group) is 1. The molecule has 1 aromatic rings. The third-order valence-corrected chi connectivity index (χ3v) is 2.63. The average molecular weight is 205 g/mol. The van der Waals surface area contributed by atoms with Gasteiger partial charge in [-0.3, -0.25) is 4.79 Å². The minimum absolute atomic E-state index is 0.148. The third-order valence-electron chi connectivity index (χ3n) is 2.63. The smallest absolute Gasteiger partial charge is 0.151 e. The van der Waals surface area contributed by atoms with Gasteiger partial charge in [0.1, 0.15) is 0 Å². The largest absolute Gasteiger partial charge is 0.307 e. The van der Waals surface area contributed by atoms with Crippen LogP contribution in [0.25, 0.3) is 0 Å². The molecule has 0 spiro atoms. The zero-order valence-corrected chi connectivity index (χ0v) is 9.87. The van der Waals surface area contributed by atoms with Crippen LogP contribution in [0.15, 0.2) is 24.3 Å². The highest BCUT2D eigenvalue weighted by Crippen LogP contribution is 2.18. The molecule has 0 aliphatic carbocycles. The molecule has 1 rings (SSSR count). The summed E-state index contributed by atoms with van der Waals surface area (Å²) < 4.78 is 0. The van der Waals surface area contributed by atoms with Crippen LogP contribution in [-0.2, 0) is 4.79 Å². The van der Waals surface area contributed by atoms with Crippen molar-refractivity contribution in [2.75, 3.05) is 7.05 Å². The second kappa shape index (κ2) is 5.08. The zero-order valence-electron chi connectivity index (χ0n) is 9.87. The minimum atomic E-state index is -0.175. The van der Waals surface area contributed by atoms with E-state index in [1.165, 1.54) is 5.56 Å². The normalized spacial score (nSPS) is 12.9. The second-order valence-corrected chi connectivity index (χ2v) is 4.15. The Bertz CT molecular complexity index is 327. The molecular formula is C13H19NO. The Labute approximate surface area is 91.7 Å². The number of ketones is 1. The van der Waals surface area contributed by atoms with Crippen LogP contribution in [0.1, 0.15) is 43.9 Å². The predicted octanol–water partition coefficient (Wildman–Crippen LogP) is 2.66. The topological polar surface area (TPSA) is 29.1 Å². The van der Waals surface area contributed by atoms with Crippen molar-refractivity contribution < 1.29 is 4.79 Å². The van der Waals surface area contributed by atoms with E-state index in [9.17, 15) is 4.79 Å². The number of hydrogen-bond donors (Lipinski definition) is 1. The third kappa shape index (κ3) is 2.90. The van der Waals surface area contributed by atoms with Gasteiger partial charge in [0.05, 0.1) is 6.04 Å². The summed E-state index contributed by atoms with van der Waals surface area (Å²) in [5, 5.41) is 3.02. The quantitative estimate of drug-likeness (QED) is 0.818. The molecule has 0 radical (unpaired) electrons. The van der Waals surface area contributed by atoms with E-state index in [1.54, 1.807) is 6.92 Å². The number of hydrogen-bond acceptors (Lipinski definition) is 2. The highest BCUT2D eigenvalue weighted by molar-refractivity contribution is 5.82. The summed E-state index contributed by atoms with van der Waals surface area (Å²) in [6.45, 7) is 5.93. The molecule has 0 aliphatic rings. The van der Waals surface area contributed by atoms with Crippen LogP contribution >= 0.6 is 0 Å². The van der Waals surface area contributed by atoms with Crippen LogP contribution in [-0.4, -0.2) is 12.8 Å². The van der Waals surface area contributed by atoms with Crippen molar-refractivity contribution in [1.29, 1.82) is 0 Å². The molecule has 0 saturated heterocycles. The average Bonchev–Trinajstić information content (AvgIpc) is 2.19. The Kier molecular flexibility index (Phi) is 4.04. The minimum Gasteiger partial charge on any atom is -0.307 e. The van der Waals surface area contributed by atoms with E-state index < -0.39 is 0 Å². The first kappa shape index (κ1) is 11.9. The number of rotatable bonds is 4. The van der Waals surface area contributed by atoms with Crippen LogP contribution in [0.4, 0.5) is 0 Å². The second-order valence-electron chi connectivity index (χ2n) is 4.15. The van der Waals surface area contributed by atoms with E-state index in [1.807, 2.05) is 19.2 Å². The van der Waals surface area contributed by atoms with Crippen molar-refractivity contribution in [3.8, 4) is 0 Å². The highest BCUT2D eigenvalue weighted by atomic mass is 16.1. The molecular weight excluding hydrogens is 186 g/mol. The standard InChI is InChI=1S/C13H19NO/c1-9(2)11-5-7-12(8-6-11)13(14-4)10(3)15/h5-9,13-14H,1-4H3. The number of Topliss-reactive ketones (excluding diaryl/α,β-unsaturated/α-hetero) is 1. The Hall–Kier alpha value is -1.15. The van der Waals surface area contributed by atoms with Crippen molar-refractivity contribution in [3.63, 3.8) is 0 Å². The van der Waals surface area contributed by atoms with Gasteiger partial charge in [-0.2, -0.15) is 0 Å². The maximum atomic E-state index is 11.3. The number of carbonyl (C=O) groups excluding carboxylic acids is 1. The van der Waals surface area contributed by atoms with Crippen LogP contribution in [0, 0.1) is 0 Å². The first-order valence-electron chi connectivity index (χ1n) is 5.33. The SMILES string of the molecule is CNC(C(C)=O)c1ccc(C(C)C)cc1. The lowest BCUT2D eigenvalue weighted by atomic mass is 9.98. The molecule has 0 amide bonds. The van der Waals surface area contributed by atoms with Crippen LogP contribution in [0.3, 0.4) is 0 Å². The van der Waals surface area contributed by atoms with Crippen molar-refractivity contribution >= 4 is 5.78 Å². The maximum absolute atomic E-state index is 11.3. The molecule has 1 unspecified atom stereocenters. The van der Waals surface area contributed by atoms with Gasteiger partial charge in [0.2, 0.25) is 0 Å². The van der Waals surface area contributed by atoms with Crippen molar-refractivity contribution in [1.82, 2.24) is 5.32 Å². The van der Waals surface area contributed by atoms with E-state index in [0.717, 1.165) is 5.56 Å². The highest BCUT2D eigenvalue weighted by Gasteiger charge is 2.13. The molecule has 1 N–H and O–H groups in total. The van der Waals surface area contributed by atoms with Crippen molar-refractivity contribution in [3.05, 3.63) is 35.4 Å². The molecule has 0 heterocycles. The summed E-state index contributed by atoms with van der Waals surface area (Å²) in [7, 11) is 1.81. The van der Waals surface area contributed by atoms with Crippen molar-refractivity contribution in [2.45, 2.75) is 32.7 Å². The van der Waals surface area contributed by atoms with Gasteiger partial charge in [-0.25, -0.2) is 0 Å². The summed E-state index contributed by atoms with van der Waals surface area (Å²) in [6.07, 6.45) is 0. The van der Waals surface area contributed by atoms with E-state index in [2.05, 4.69) is 31.3 Å². The zero-order chi connectivity index (χ0) is 11.4. The predicted molar refractivity (Wildman–Crippen MR) is 63.0 cm³/mol. The number of nitrogens with one attached hydrogen (secondary N) is 1. The van der Waals surface area contributed by atoms with Gasteiger partial charge < -0.3 is 5.32 Å². The first-order chi connectivity index (χ1) is 7.06. The van der Waals surface area contributed by atoms with Crippen LogP contribution in [0.5, 0.6) is 0 Å². The monoisotopic (exact) mass is 205 g/mol. The van der Waals surface area contributed by atoms with Gasteiger partial charge in [0.15, 0.2) is 5.78 Å². The summed E-state index contributed by atoms with van der Waals surface area (Å²) in [5.41, 5.74) is 2.34. The lowest BCUT2D eigenvalue weighted by Crippen LogP contribution is -2.23. The Morgan fingerprint density at radius 2 is 1.60 bits per heavy atom. The van der Waals surface area contributed by atoms with Gasteiger partial charge >= 0.3 is 0 Å². The van der Waals surface area contributed by atoms with Gasteiger partial charge in [-0.1, -0.05) is 38.1 Å². The lowest BCUT2D eigenvalue weighted by Gasteiger charge is -2.14. The van der Waals surface area contributed by atoms with Gasteiger partial charge in [-0.15, -0.1) is 0 Å². The molecule has 15 heavy (non-hydrogen) atoms. The maximum Gasteiger partial charge on any atom is 0.151 e. The van der Waals surface area contributed by atoms with E-state index in [-0.39, 0.29) is 11.8 Å². The van der Waals surface area contributed by atoms with Gasteiger partial charge in [0, 0.05) is 0 Å². The van der Waals surface area contributed by atoms with Crippen LogP contribution in [0.2, 0.25) is 0 Å². The molecule has 1 aromatic carbocycles. The molecule has 2 heteroatoms. The lowest BCUT2D eigenvalue weighted by molar-refractivity contribution is -0.119. The van der Waals surface area contributed by atoms with E-state index >= 15 is 0 Å². The van der Waals surface area contributed by atoms with Crippen LogP contribution < -0.4 is 5.32 Å². The van der Waals surface area contributed by atoms with E-state index in [0.29, 0.717) is 5.92 Å². The molecule has 0 aromatic heterocycles. The summed E-state index contributed by atoms with van der Waals surface area (Å²) in [5.74, 6) is 0.680. The molecule has 1 atom stereocenters.